The lowest BCUT2D eigenvalue weighted by molar-refractivity contribution is -0.105. The highest BCUT2D eigenvalue weighted by Crippen LogP contribution is 2.67. The van der Waals surface area contributed by atoms with Gasteiger partial charge in [0.15, 0.2) is 0 Å². The van der Waals surface area contributed by atoms with E-state index in [4.69, 9.17) is 0 Å². The average Bonchev–Trinajstić information content (AvgIpc) is 3.22. The maximum atomic E-state index is 12.0. The Morgan fingerprint density at radius 1 is 1.07 bits per heavy atom. The molecule has 1 heterocycles. The van der Waals surface area contributed by atoms with Gasteiger partial charge in [-0.2, -0.15) is 0 Å². The minimum Gasteiger partial charge on any atom is -0.309 e. The van der Waals surface area contributed by atoms with Gasteiger partial charge in [0.2, 0.25) is 0 Å². The summed E-state index contributed by atoms with van der Waals surface area (Å²) in [4.78, 5) is 16.3. The van der Waals surface area contributed by atoms with Crippen molar-refractivity contribution in [2.45, 2.75) is 78.1 Å². The number of hydrogen-bond donors (Lipinski definition) is 0. The summed E-state index contributed by atoms with van der Waals surface area (Å²) in [6.45, 7) is 5.09. The molecule has 4 aliphatic carbocycles. The van der Waals surface area contributed by atoms with Gasteiger partial charge in [0.25, 0.3) is 0 Å². The molecule has 5 rings (SSSR count). The van der Waals surface area contributed by atoms with Crippen LogP contribution in [0.25, 0.3) is 5.70 Å². The van der Waals surface area contributed by atoms with E-state index in [1.165, 1.54) is 63.5 Å². The topological polar surface area (TPSA) is 34.9 Å². The lowest BCUT2D eigenvalue weighted by Gasteiger charge is -2.58. The van der Waals surface area contributed by atoms with Crippen LogP contribution >= 0.6 is 0 Å². The molecule has 0 unspecified atom stereocenters. The fourth-order valence-electron chi connectivity index (χ4n) is 8.12. The quantitative estimate of drug-likeness (QED) is 0.627. The standard InChI is InChI=1S/C24H34N2O/c1-23-10-5-3-4-6-18(23)7-8-19-20(23)9-11-24(2)21(19)14-17(15-27)22(24)26-13-12-25-16-26/h12-13,15-16,18-21H,3-11,14H2,1-2H3/t18-,19-,20+,21+,23+,24+/m1/s1. The van der Waals surface area contributed by atoms with Crippen molar-refractivity contribution in [3.05, 3.63) is 24.3 Å². The van der Waals surface area contributed by atoms with Crippen LogP contribution in [-0.2, 0) is 4.79 Å². The molecular formula is C24H34N2O. The Morgan fingerprint density at radius 3 is 2.74 bits per heavy atom. The molecule has 1 aromatic heterocycles. The summed E-state index contributed by atoms with van der Waals surface area (Å²) in [6.07, 6.45) is 20.5. The Morgan fingerprint density at radius 2 is 1.96 bits per heavy atom. The molecule has 0 aliphatic heterocycles. The zero-order valence-corrected chi connectivity index (χ0v) is 17.0. The van der Waals surface area contributed by atoms with Crippen LogP contribution in [0.15, 0.2) is 24.3 Å². The van der Waals surface area contributed by atoms with Crippen LogP contribution in [0, 0.1) is 34.5 Å². The summed E-state index contributed by atoms with van der Waals surface area (Å²) in [6, 6.07) is 0. The van der Waals surface area contributed by atoms with Gasteiger partial charge in [-0.1, -0.05) is 33.1 Å². The molecule has 0 N–H and O–H groups in total. The van der Waals surface area contributed by atoms with Gasteiger partial charge in [-0.3, -0.25) is 4.79 Å². The van der Waals surface area contributed by atoms with Crippen LogP contribution in [-0.4, -0.2) is 15.8 Å². The zero-order chi connectivity index (χ0) is 18.6. The maximum Gasteiger partial charge on any atom is 0.147 e. The van der Waals surface area contributed by atoms with Crippen LogP contribution in [0.3, 0.4) is 0 Å². The summed E-state index contributed by atoms with van der Waals surface area (Å²) >= 11 is 0. The smallest absolute Gasteiger partial charge is 0.147 e. The molecule has 3 saturated carbocycles. The Labute approximate surface area is 163 Å². The van der Waals surface area contributed by atoms with Crippen LogP contribution in [0.5, 0.6) is 0 Å². The summed E-state index contributed by atoms with van der Waals surface area (Å²) in [5, 5.41) is 0. The van der Waals surface area contributed by atoms with E-state index in [1.807, 2.05) is 18.7 Å². The molecule has 0 saturated heterocycles. The molecular weight excluding hydrogens is 332 g/mol. The molecule has 6 atom stereocenters. The van der Waals surface area contributed by atoms with Gasteiger partial charge < -0.3 is 4.57 Å². The van der Waals surface area contributed by atoms with E-state index in [2.05, 4.69) is 23.4 Å². The highest BCUT2D eigenvalue weighted by Gasteiger charge is 2.59. The number of nitrogens with zero attached hydrogens (tertiary/aromatic N) is 2. The van der Waals surface area contributed by atoms with Crippen molar-refractivity contribution in [1.29, 1.82) is 0 Å². The second kappa shape index (κ2) is 6.32. The Bertz CT molecular complexity index is 750. The zero-order valence-electron chi connectivity index (χ0n) is 17.0. The highest BCUT2D eigenvalue weighted by molar-refractivity contribution is 5.86. The second-order valence-electron chi connectivity index (χ2n) is 10.4. The van der Waals surface area contributed by atoms with Crippen LogP contribution < -0.4 is 0 Å². The van der Waals surface area contributed by atoms with Crippen molar-refractivity contribution >= 4 is 12.0 Å². The van der Waals surface area contributed by atoms with Crippen molar-refractivity contribution < 1.29 is 4.79 Å². The first-order valence-corrected chi connectivity index (χ1v) is 11.2. The van der Waals surface area contributed by atoms with Crippen molar-refractivity contribution in [3.63, 3.8) is 0 Å². The van der Waals surface area contributed by atoms with Gasteiger partial charge in [-0.15, -0.1) is 0 Å². The summed E-state index contributed by atoms with van der Waals surface area (Å²) in [7, 11) is 0. The van der Waals surface area contributed by atoms with E-state index >= 15 is 0 Å². The largest absolute Gasteiger partial charge is 0.309 e. The Hall–Kier alpha value is -1.38. The number of imidazole rings is 1. The number of hydrogen-bond acceptors (Lipinski definition) is 2. The van der Waals surface area contributed by atoms with E-state index < -0.39 is 0 Å². The fourth-order valence-corrected chi connectivity index (χ4v) is 8.12. The third-order valence-corrected chi connectivity index (χ3v) is 9.41. The molecule has 3 nitrogen and oxygen atoms in total. The van der Waals surface area contributed by atoms with Gasteiger partial charge in [0.1, 0.15) is 6.29 Å². The number of rotatable bonds is 2. The van der Waals surface area contributed by atoms with Crippen molar-refractivity contribution in [2.24, 2.45) is 34.5 Å². The molecule has 0 radical (unpaired) electrons. The predicted octanol–water partition coefficient (Wildman–Crippen LogP) is 5.73. The molecule has 3 fully saturated rings. The first-order valence-electron chi connectivity index (χ1n) is 11.2. The monoisotopic (exact) mass is 366 g/mol. The van der Waals surface area contributed by atoms with Gasteiger partial charge >= 0.3 is 0 Å². The Balaban J connectivity index is 1.51. The summed E-state index contributed by atoms with van der Waals surface area (Å²) in [5.41, 5.74) is 2.96. The normalized spacial score (nSPS) is 44.2. The number of aldehydes is 1. The van der Waals surface area contributed by atoms with Crippen molar-refractivity contribution in [1.82, 2.24) is 9.55 Å². The fraction of sp³-hybridized carbons (Fsp3) is 0.750. The van der Waals surface area contributed by atoms with Crippen LogP contribution in [0.1, 0.15) is 78.1 Å². The predicted molar refractivity (Wildman–Crippen MR) is 108 cm³/mol. The SMILES string of the molecule is C[C@]12CCCCC[C@@H]1CC[C@@H]1[C@@H]2CC[C@]2(C)C(n3ccnc3)=C(C=O)C[C@@H]12. The number of carbonyl (C=O) groups is 1. The number of aromatic nitrogens is 2. The minimum atomic E-state index is 0.131. The van der Waals surface area contributed by atoms with Gasteiger partial charge in [-0.05, 0) is 74.0 Å². The summed E-state index contributed by atoms with van der Waals surface area (Å²) in [5.74, 6) is 3.23. The molecule has 0 spiro atoms. The van der Waals surface area contributed by atoms with Crippen LogP contribution in [0.4, 0.5) is 0 Å². The first kappa shape index (κ1) is 17.7. The maximum absolute atomic E-state index is 12.0. The molecule has 3 heteroatoms. The van der Waals surface area contributed by atoms with Crippen LogP contribution in [0.2, 0.25) is 0 Å². The molecule has 4 aliphatic rings. The third kappa shape index (κ3) is 2.46. The lowest BCUT2D eigenvalue weighted by atomic mass is 9.46. The van der Waals surface area contributed by atoms with E-state index in [0.29, 0.717) is 11.3 Å². The van der Waals surface area contributed by atoms with Gasteiger partial charge in [0, 0.05) is 29.1 Å². The lowest BCUT2D eigenvalue weighted by Crippen LogP contribution is -2.51. The molecule has 27 heavy (non-hydrogen) atoms. The summed E-state index contributed by atoms with van der Waals surface area (Å²) < 4.78 is 2.14. The van der Waals surface area contributed by atoms with Gasteiger partial charge in [0.05, 0.1) is 6.33 Å². The van der Waals surface area contributed by atoms with Gasteiger partial charge in [-0.25, -0.2) is 4.98 Å². The molecule has 0 aromatic carbocycles. The molecule has 146 valence electrons. The highest BCUT2D eigenvalue weighted by atomic mass is 16.1. The van der Waals surface area contributed by atoms with E-state index in [-0.39, 0.29) is 5.41 Å². The number of carbonyl (C=O) groups excluding carboxylic acids is 1. The Kier molecular flexibility index (Phi) is 4.14. The molecule has 1 aromatic rings. The number of allylic oxidation sites excluding steroid dienone is 2. The first-order chi connectivity index (χ1) is 13.1. The molecule has 0 bridgehead atoms. The van der Waals surface area contributed by atoms with Crippen molar-refractivity contribution in [2.75, 3.05) is 0 Å². The third-order valence-electron chi connectivity index (χ3n) is 9.41. The average molecular weight is 367 g/mol. The molecule has 0 amide bonds. The van der Waals surface area contributed by atoms with E-state index in [1.54, 1.807) is 0 Å². The second-order valence-corrected chi connectivity index (χ2v) is 10.4. The van der Waals surface area contributed by atoms with E-state index in [0.717, 1.165) is 36.0 Å². The van der Waals surface area contributed by atoms with E-state index in [9.17, 15) is 4.79 Å². The number of fused-ring (bicyclic) bond motifs is 5. The minimum absolute atomic E-state index is 0.131. The van der Waals surface area contributed by atoms with Crippen molar-refractivity contribution in [3.8, 4) is 0 Å².